The first-order valence-corrected chi connectivity index (χ1v) is 14.2. The van der Waals surface area contributed by atoms with Gasteiger partial charge in [0.05, 0.1) is 23.2 Å². The minimum Gasteiger partial charge on any atom is -0.480 e. The number of amides is 1. The zero-order valence-electron chi connectivity index (χ0n) is 23.8. The smallest absolute Gasteiger partial charge is 0.349 e. The molecule has 0 bridgehead atoms. The molecule has 1 atom stereocenters. The van der Waals surface area contributed by atoms with Gasteiger partial charge in [-0.15, -0.1) is 0 Å². The van der Waals surface area contributed by atoms with Crippen molar-refractivity contribution in [3.8, 4) is 22.9 Å². The van der Waals surface area contributed by atoms with Crippen LogP contribution in [0.1, 0.15) is 29.6 Å². The molecule has 1 N–H and O–H groups in total. The summed E-state index contributed by atoms with van der Waals surface area (Å²) in [5, 5.41) is 14.4. The van der Waals surface area contributed by atoms with Crippen molar-refractivity contribution in [2.24, 2.45) is 5.92 Å². The molecule has 5 heterocycles. The normalized spacial score (nSPS) is 16.9. The maximum atomic E-state index is 13.1. The highest BCUT2D eigenvalue weighted by Crippen LogP contribution is 2.29. The Bertz CT molecular complexity index is 1710. The number of ether oxygens (including phenoxy) is 3. The summed E-state index contributed by atoms with van der Waals surface area (Å²) in [6.07, 6.45) is 5.29. The SMILES string of the molecule is COc1ncc(-c2ccc3ncnc(N[C@H]4CCN(C(=O)C5CCOCC5)C4)c3n2)cc1C(=O)Oc1ccc([N+](=O)[O-])cc1. The summed E-state index contributed by atoms with van der Waals surface area (Å²) in [6, 6.07) is 10.3. The van der Waals surface area contributed by atoms with Crippen LogP contribution in [0, 0.1) is 16.0 Å². The van der Waals surface area contributed by atoms with Crippen LogP contribution < -0.4 is 14.8 Å². The van der Waals surface area contributed by atoms with E-state index in [9.17, 15) is 19.7 Å². The Morgan fingerprint density at radius 1 is 1.07 bits per heavy atom. The summed E-state index contributed by atoms with van der Waals surface area (Å²) >= 11 is 0. The van der Waals surface area contributed by atoms with Gasteiger partial charge in [0.25, 0.3) is 5.69 Å². The molecule has 6 rings (SSSR count). The van der Waals surface area contributed by atoms with Gasteiger partial charge in [0.15, 0.2) is 5.82 Å². The topological polar surface area (TPSA) is 172 Å². The molecule has 2 saturated heterocycles. The number of carbonyl (C=O) groups excluding carboxylic acids is 2. The molecule has 1 amide bonds. The number of carbonyl (C=O) groups is 2. The second kappa shape index (κ2) is 12.6. The average molecular weight is 600 g/mol. The Morgan fingerprint density at radius 2 is 1.86 bits per heavy atom. The van der Waals surface area contributed by atoms with Crippen molar-refractivity contribution >= 4 is 34.4 Å². The van der Waals surface area contributed by atoms with E-state index in [1.165, 1.54) is 43.9 Å². The molecule has 2 aliphatic rings. The van der Waals surface area contributed by atoms with Crippen molar-refractivity contribution in [1.29, 1.82) is 0 Å². The lowest BCUT2D eigenvalue weighted by Crippen LogP contribution is -2.38. The fourth-order valence-corrected chi connectivity index (χ4v) is 5.38. The number of nitro groups is 1. The third-order valence-electron chi connectivity index (χ3n) is 7.71. The Balaban J connectivity index is 1.21. The highest BCUT2D eigenvalue weighted by atomic mass is 16.6. The molecule has 14 nitrogen and oxygen atoms in total. The Labute approximate surface area is 251 Å². The van der Waals surface area contributed by atoms with Crippen molar-refractivity contribution < 1.29 is 28.7 Å². The van der Waals surface area contributed by atoms with Gasteiger partial charge in [-0.05, 0) is 49.6 Å². The lowest BCUT2D eigenvalue weighted by atomic mass is 9.99. The zero-order chi connectivity index (χ0) is 30.6. The fraction of sp³-hybridized carbons (Fsp3) is 0.333. The highest BCUT2D eigenvalue weighted by Gasteiger charge is 2.32. The number of pyridine rings is 2. The van der Waals surface area contributed by atoms with Gasteiger partial charge in [-0.25, -0.2) is 24.7 Å². The molecule has 4 aromatic rings. The second-order valence-corrected chi connectivity index (χ2v) is 10.5. The number of methoxy groups -OCH3 is 1. The van der Waals surface area contributed by atoms with Crippen molar-refractivity contribution in [2.75, 3.05) is 38.7 Å². The van der Waals surface area contributed by atoms with Gasteiger partial charge in [0.2, 0.25) is 11.8 Å². The number of likely N-dealkylation sites (tertiary alicyclic amines) is 1. The molecule has 0 saturated carbocycles. The number of non-ortho nitro benzene ring substituents is 1. The van der Waals surface area contributed by atoms with Crippen molar-refractivity contribution in [3.63, 3.8) is 0 Å². The van der Waals surface area contributed by atoms with Gasteiger partial charge in [-0.3, -0.25) is 14.9 Å². The molecule has 0 unspecified atom stereocenters. The monoisotopic (exact) mass is 599 g/mol. The molecule has 1 aromatic carbocycles. The maximum absolute atomic E-state index is 13.1. The summed E-state index contributed by atoms with van der Waals surface area (Å²) in [5.41, 5.74) is 2.11. The summed E-state index contributed by atoms with van der Waals surface area (Å²) in [7, 11) is 1.38. The van der Waals surface area contributed by atoms with Gasteiger partial charge in [0, 0.05) is 62.2 Å². The highest BCUT2D eigenvalue weighted by molar-refractivity contribution is 5.95. The molecule has 226 valence electrons. The zero-order valence-corrected chi connectivity index (χ0v) is 23.8. The van der Waals surface area contributed by atoms with Crippen LogP contribution in [-0.2, 0) is 9.53 Å². The Morgan fingerprint density at radius 3 is 2.61 bits per heavy atom. The standard InChI is InChI=1S/C30H29N7O7/c1-42-28-23(30(39)44-22-4-2-21(3-5-22)37(40)41)14-19(15-31-28)24-6-7-25-26(35-24)27(33-17-32-25)34-20-8-11-36(16-20)29(38)18-9-12-43-13-10-18/h2-7,14-15,17-18,20H,8-13,16H2,1H3,(H,32,33,34)/t20-/m0/s1. The van der Waals surface area contributed by atoms with E-state index in [0.717, 1.165) is 19.3 Å². The van der Waals surface area contributed by atoms with Gasteiger partial charge in [-0.1, -0.05) is 0 Å². The molecule has 44 heavy (non-hydrogen) atoms. The third-order valence-corrected chi connectivity index (χ3v) is 7.71. The molecular weight excluding hydrogens is 570 g/mol. The van der Waals surface area contributed by atoms with E-state index in [4.69, 9.17) is 19.2 Å². The van der Waals surface area contributed by atoms with E-state index in [2.05, 4.69) is 20.3 Å². The summed E-state index contributed by atoms with van der Waals surface area (Å²) < 4.78 is 16.1. The van der Waals surface area contributed by atoms with Crippen molar-refractivity contribution in [1.82, 2.24) is 24.8 Å². The van der Waals surface area contributed by atoms with E-state index >= 15 is 0 Å². The lowest BCUT2D eigenvalue weighted by molar-refractivity contribution is -0.384. The number of benzene rings is 1. The van der Waals surface area contributed by atoms with Gasteiger partial charge in [0.1, 0.15) is 23.2 Å². The van der Waals surface area contributed by atoms with E-state index < -0.39 is 10.9 Å². The largest absolute Gasteiger partial charge is 0.480 e. The minimum absolute atomic E-state index is 0.00536. The number of hydrogen-bond acceptors (Lipinski definition) is 12. The van der Waals surface area contributed by atoms with Crippen LogP contribution >= 0.6 is 0 Å². The van der Waals surface area contributed by atoms with Crippen molar-refractivity contribution in [3.05, 3.63) is 70.7 Å². The van der Waals surface area contributed by atoms with Gasteiger partial charge < -0.3 is 24.4 Å². The fourth-order valence-electron chi connectivity index (χ4n) is 5.38. The summed E-state index contributed by atoms with van der Waals surface area (Å²) in [5.74, 6) is 0.165. The van der Waals surface area contributed by atoms with Crippen LogP contribution in [-0.4, -0.2) is 81.1 Å². The average Bonchev–Trinajstić information content (AvgIpc) is 3.53. The number of nitrogens with zero attached hydrogens (tertiary/aromatic N) is 6. The van der Waals surface area contributed by atoms with Crippen LogP contribution in [0.4, 0.5) is 11.5 Å². The predicted octanol–water partition coefficient (Wildman–Crippen LogP) is 3.66. The molecule has 2 fully saturated rings. The quantitative estimate of drug-likeness (QED) is 0.135. The van der Waals surface area contributed by atoms with E-state index in [1.807, 2.05) is 4.90 Å². The second-order valence-electron chi connectivity index (χ2n) is 10.5. The molecule has 2 aliphatic heterocycles. The van der Waals surface area contributed by atoms with E-state index in [1.54, 1.807) is 18.2 Å². The number of nitro benzene ring substituents is 1. The van der Waals surface area contributed by atoms with Crippen molar-refractivity contribution in [2.45, 2.75) is 25.3 Å². The Kier molecular flexibility index (Phi) is 8.23. The van der Waals surface area contributed by atoms with Crippen LogP contribution in [0.3, 0.4) is 0 Å². The first-order valence-electron chi connectivity index (χ1n) is 14.2. The van der Waals surface area contributed by atoms with Crippen LogP contribution in [0.2, 0.25) is 0 Å². The molecule has 0 spiro atoms. The molecule has 3 aromatic heterocycles. The van der Waals surface area contributed by atoms with E-state index in [0.29, 0.717) is 54.4 Å². The summed E-state index contributed by atoms with van der Waals surface area (Å²) in [4.78, 5) is 56.3. The van der Waals surface area contributed by atoms with Gasteiger partial charge in [-0.2, -0.15) is 0 Å². The van der Waals surface area contributed by atoms with Crippen LogP contribution in [0.5, 0.6) is 11.6 Å². The van der Waals surface area contributed by atoms with Gasteiger partial charge >= 0.3 is 5.97 Å². The van der Waals surface area contributed by atoms with E-state index in [-0.39, 0.29) is 40.7 Å². The maximum Gasteiger partial charge on any atom is 0.349 e. The minimum atomic E-state index is -0.752. The van der Waals surface area contributed by atoms with Crippen LogP contribution in [0.15, 0.2) is 55.0 Å². The van der Waals surface area contributed by atoms with Crippen LogP contribution in [0.25, 0.3) is 22.3 Å². The Hall–Kier alpha value is -5.24. The molecular formula is C30H29N7O7. The number of hydrogen-bond donors (Lipinski definition) is 1. The molecule has 0 radical (unpaired) electrons. The number of fused-ring (bicyclic) bond motifs is 1. The third kappa shape index (κ3) is 6.10. The number of aromatic nitrogens is 4. The number of nitrogens with one attached hydrogen (secondary N) is 1. The summed E-state index contributed by atoms with van der Waals surface area (Å²) in [6.45, 7) is 2.49. The molecule has 14 heteroatoms. The number of anilines is 1. The lowest BCUT2D eigenvalue weighted by Gasteiger charge is -2.26. The number of rotatable bonds is 8. The first-order chi connectivity index (χ1) is 21.4. The first kappa shape index (κ1) is 28.9. The number of esters is 1. The molecule has 0 aliphatic carbocycles. The predicted molar refractivity (Wildman–Crippen MR) is 157 cm³/mol.